The van der Waals surface area contributed by atoms with E-state index < -0.39 is 11.9 Å². The van der Waals surface area contributed by atoms with Gasteiger partial charge < -0.3 is 14.2 Å². The average molecular weight is 292 g/mol. The highest BCUT2D eigenvalue weighted by molar-refractivity contribution is 5.88. The molecule has 0 saturated heterocycles. The van der Waals surface area contributed by atoms with Gasteiger partial charge in [0.2, 0.25) is 0 Å². The zero-order valence-electron chi connectivity index (χ0n) is 11.9. The van der Waals surface area contributed by atoms with E-state index in [9.17, 15) is 9.59 Å². The smallest absolute Gasteiger partial charge is 0.336 e. The topological polar surface area (TPSA) is 109 Å². The fourth-order valence-corrected chi connectivity index (χ4v) is 0.941. The molecular weight excluding hydrogens is 276 g/mol. The molecule has 0 aromatic rings. The van der Waals surface area contributed by atoms with E-state index in [-0.39, 0.29) is 37.2 Å². The van der Waals surface area contributed by atoms with Gasteiger partial charge in [0, 0.05) is 0 Å². The van der Waals surface area contributed by atoms with Crippen molar-refractivity contribution < 1.29 is 23.8 Å². The lowest BCUT2D eigenvalue weighted by molar-refractivity contribution is -0.139. The monoisotopic (exact) mass is 292 g/mol. The van der Waals surface area contributed by atoms with Gasteiger partial charge in [-0.05, 0) is 13.8 Å². The molecule has 21 heavy (non-hydrogen) atoms. The molecule has 0 heterocycles. The molecule has 7 heteroatoms. The van der Waals surface area contributed by atoms with Crippen molar-refractivity contribution in [1.29, 1.82) is 10.5 Å². The van der Waals surface area contributed by atoms with Crippen LogP contribution in [-0.4, -0.2) is 25.2 Å². The van der Waals surface area contributed by atoms with Gasteiger partial charge in [0.25, 0.3) is 0 Å². The van der Waals surface area contributed by atoms with E-state index in [4.69, 9.17) is 24.7 Å². The van der Waals surface area contributed by atoms with Crippen LogP contribution in [0.15, 0.2) is 23.7 Å². The van der Waals surface area contributed by atoms with Crippen LogP contribution in [0.5, 0.6) is 0 Å². The van der Waals surface area contributed by atoms with Crippen LogP contribution in [0.4, 0.5) is 0 Å². The van der Waals surface area contributed by atoms with Crippen LogP contribution < -0.4 is 0 Å². The molecule has 0 aromatic heterocycles. The number of carbonyl (C=O) groups excluding carboxylic acids is 2. The third kappa shape index (κ3) is 8.84. The molecule has 0 aliphatic carbocycles. The second kappa shape index (κ2) is 11.1. The van der Waals surface area contributed by atoms with Gasteiger partial charge in [-0.15, -0.1) is 0 Å². The summed E-state index contributed by atoms with van der Waals surface area (Å²) in [5.74, 6) is -1.21. The van der Waals surface area contributed by atoms with E-state index in [0.29, 0.717) is 0 Å². The van der Waals surface area contributed by atoms with E-state index in [2.05, 4.69) is 0 Å². The highest BCUT2D eigenvalue weighted by atomic mass is 16.5. The van der Waals surface area contributed by atoms with Gasteiger partial charge in [-0.3, -0.25) is 0 Å². The van der Waals surface area contributed by atoms with Crippen LogP contribution in [0.2, 0.25) is 0 Å². The summed E-state index contributed by atoms with van der Waals surface area (Å²) in [6.45, 7) is 2.98. The molecule has 0 bridgehead atoms. The lowest BCUT2D eigenvalue weighted by atomic mass is 10.3. The number of esters is 2. The van der Waals surface area contributed by atoms with Crippen LogP contribution in [0, 0.1) is 22.7 Å². The van der Waals surface area contributed by atoms with Crippen molar-refractivity contribution in [3.8, 4) is 12.1 Å². The van der Waals surface area contributed by atoms with Crippen molar-refractivity contribution in [2.45, 2.75) is 26.7 Å². The minimum atomic E-state index is -0.604. The summed E-state index contributed by atoms with van der Waals surface area (Å²) in [7, 11) is 0. The maximum atomic E-state index is 11.4. The molecule has 112 valence electrons. The van der Waals surface area contributed by atoms with Gasteiger partial charge in [-0.1, -0.05) is 0 Å². The van der Waals surface area contributed by atoms with Crippen LogP contribution in [-0.2, 0) is 23.8 Å². The Kier molecular flexibility index (Phi) is 9.59. The third-order valence-electron chi connectivity index (χ3n) is 2.03. The van der Waals surface area contributed by atoms with Crippen LogP contribution in [0.25, 0.3) is 0 Å². The number of hydrogen-bond donors (Lipinski definition) is 0. The molecule has 0 N–H and O–H groups in total. The van der Waals surface area contributed by atoms with Crippen LogP contribution >= 0.6 is 0 Å². The van der Waals surface area contributed by atoms with Gasteiger partial charge >= 0.3 is 11.9 Å². The van der Waals surface area contributed by atoms with E-state index >= 15 is 0 Å². The minimum Gasteiger partial charge on any atom is -0.472 e. The molecule has 7 nitrogen and oxygen atoms in total. The molecule has 0 spiro atoms. The molecule has 0 aliphatic heterocycles. The Morgan fingerprint density at radius 2 is 1.29 bits per heavy atom. The van der Waals surface area contributed by atoms with Gasteiger partial charge in [0.1, 0.15) is 25.7 Å². The molecule has 0 rings (SSSR count). The normalized spacial score (nSPS) is 11.0. The molecule has 0 fully saturated rings. The average Bonchev–Trinajstić information content (AvgIpc) is 2.47. The molecule has 0 radical (unpaired) electrons. The van der Waals surface area contributed by atoms with E-state index in [1.165, 1.54) is 13.8 Å². The Hall–Kier alpha value is -2.80. The molecule has 0 aromatic carbocycles. The SMILES string of the molecule is C/C(=C\O/C=C(\C)C(=O)OCCC#N)C(=O)OCCC#N. The maximum absolute atomic E-state index is 11.4. The van der Waals surface area contributed by atoms with E-state index in [1.54, 1.807) is 0 Å². The first-order valence-electron chi connectivity index (χ1n) is 6.10. The number of hydrogen-bond acceptors (Lipinski definition) is 7. The Balaban J connectivity index is 4.24. The number of ether oxygens (including phenoxy) is 3. The highest BCUT2D eigenvalue weighted by Gasteiger charge is 2.07. The summed E-state index contributed by atoms with van der Waals surface area (Å²) >= 11 is 0. The zero-order valence-corrected chi connectivity index (χ0v) is 11.9. The van der Waals surface area contributed by atoms with Gasteiger partial charge in [-0.2, -0.15) is 10.5 Å². The molecule has 0 aliphatic rings. The predicted octanol–water partition coefficient (Wildman–Crippen LogP) is 1.72. The van der Waals surface area contributed by atoms with Crippen molar-refractivity contribution in [2.75, 3.05) is 13.2 Å². The summed E-state index contributed by atoms with van der Waals surface area (Å²) in [6, 6.07) is 3.69. The molecule has 0 saturated carbocycles. The first kappa shape index (κ1) is 18.2. The largest absolute Gasteiger partial charge is 0.472 e. The molecule has 0 atom stereocenters. The third-order valence-corrected chi connectivity index (χ3v) is 2.03. The zero-order chi connectivity index (χ0) is 16.1. The second-order valence-corrected chi connectivity index (χ2v) is 3.83. The molecule has 0 unspecified atom stereocenters. The highest BCUT2D eigenvalue weighted by Crippen LogP contribution is 2.02. The Bertz CT molecular complexity index is 462. The fourth-order valence-electron chi connectivity index (χ4n) is 0.941. The summed E-state index contributed by atoms with van der Waals surface area (Å²) < 4.78 is 14.5. The number of carbonyl (C=O) groups is 2. The van der Waals surface area contributed by atoms with Gasteiger partial charge in [0.05, 0.1) is 36.1 Å². The van der Waals surface area contributed by atoms with Gasteiger partial charge in [0.15, 0.2) is 0 Å². The van der Waals surface area contributed by atoms with E-state index in [0.717, 1.165) is 12.5 Å². The van der Waals surface area contributed by atoms with Crippen LogP contribution in [0.1, 0.15) is 26.7 Å². The fraction of sp³-hybridized carbons (Fsp3) is 0.429. The Morgan fingerprint density at radius 1 is 0.905 bits per heavy atom. The Morgan fingerprint density at radius 3 is 1.62 bits per heavy atom. The van der Waals surface area contributed by atoms with Gasteiger partial charge in [-0.25, -0.2) is 9.59 Å². The van der Waals surface area contributed by atoms with Crippen molar-refractivity contribution in [1.82, 2.24) is 0 Å². The Labute approximate surface area is 123 Å². The predicted molar refractivity (Wildman–Crippen MR) is 71.0 cm³/mol. The minimum absolute atomic E-state index is 0.0145. The summed E-state index contributed by atoms with van der Waals surface area (Å²) in [6.07, 6.45) is 2.49. The van der Waals surface area contributed by atoms with Crippen molar-refractivity contribution in [3.05, 3.63) is 23.7 Å². The second-order valence-electron chi connectivity index (χ2n) is 3.83. The lowest BCUT2D eigenvalue weighted by Gasteiger charge is -2.03. The summed E-state index contributed by atoms with van der Waals surface area (Å²) in [4.78, 5) is 22.8. The summed E-state index contributed by atoms with van der Waals surface area (Å²) in [5.41, 5.74) is 0.379. The number of rotatable bonds is 8. The maximum Gasteiger partial charge on any atom is 0.336 e. The van der Waals surface area contributed by atoms with E-state index in [1.807, 2.05) is 12.1 Å². The summed E-state index contributed by atoms with van der Waals surface area (Å²) in [5, 5.41) is 16.6. The van der Waals surface area contributed by atoms with Crippen molar-refractivity contribution in [2.24, 2.45) is 0 Å². The van der Waals surface area contributed by atoms with Crippen molar-refractivity contribution in [3.63, 3.8) is 0 Å². The lowest BCUT2D eigenvalue weighted by Crippen LogP contribution is -2.08. The number of nitrogens with zero attached hydrogens (tertiary/aromatic N) is 2. The van der Waals surface area contributed by atoms with Crippen molar-refractivity contribution >= 4 is 11.9 Å². The standard InChI is InChI=1S/C14H16N2O5/c1-11(13(17)20-7-3-5-15)9-19-10-12(2)14(18)21-8-4-6-16/h9-10H,3-4,7-8H2,1-2H3/b11-9+,12-10+. The molecular formula is C14H16N2O5. The quantitative estimate of drug-likeness (QED) is 0.290. The molecule has 0 amide bonds. The first-order chi connectivity index (χ1) is 10.0. The van der Waals surface area contributed by atoms with Crippen LogP contribution in [0.3, 0.4) is 0 Å². The first-order valence-corrected chi connectivity index (χ1v) is 6.10. The number of nitriles is 2.